The van der Waals surface area contributed by atoms with E-state index in [9.17, 15) is 5.11 Å². The summed E-state index contributed by atoms with van der Waals surface area (Å²) in [6.07, 6.45) is 4.06. The van der Waals surface area contributed by atoms with Gasteiger partial charge in [-0.15, -0.1) is 0 Å². The molecule has 2 aromatic rings. The number of aliphatic hydroxyl groups excluding tert-OH is 1. The van der Waals surface area contributed by atoms with Gasteiger partial charge in [0.05, 0.1) is 19.8 Å². The Bertz CT molecular complexity index is 620. The fraction of sp³-hybridized carbons (Fsp3) is 0.471. The highest BCUT2D eigenvalue weighted by Crippen LogP contribution is 2.22. The van der Waals surface area contributed by atoms with Crippen LogP contribution in [0.1, 0.15) is 17.5 Å². The molecule has 1 aromatic heterocycles. The third-order valence-electron chi connectivity index (χ3n) is 4.18. The summed E-state index contributed by atoms with van der Waals surface area (Å²) in [5.74, 6) is 0.861. The molecule has 6 nitrogen and oxygen atoms in total. The van der Waals surface area contributed by atoms with Crippen LogP contribution in [0.4, 0.5) is 0 Å². The largest absolute Gasteiger partial charge is 0.496 e. The number of benzene rings is 1. The third kappa shape index (κ3) is 4.10. The first-order chi connectivity index (χ1) is 11.1. The number of nitrogens with zero attached hydrogens (tertiary/aromatic N) is 3. The Balaban J connectivity index is 1.74. The minimum absolute atomic E-state index is 0.0422. The van der Waals surface area contributed by atoms with Crippen molar-refractivity contribution in [1.82, 2.24) is 14.7 Å². The molecular weight excluding hydrogens is 292 g/mol. The number of hydrogen-bond donors (Lipinski definition) is 2. The van der Waals surface area contributed by atoms with Crippen LogP contribution in [0.3, 0.4) is 0 Å². The standard InChI is InChI=1S/C17H24N4O2/c1-23-17-4-3-13(7-14(17)10-21-6-2-5-19-21)9-20-11-15(18)8-16(22)12-20/h2-7,15-16,22H,8-12,18H2,1H3/t15-,16+/m0/s1. The van der Waals surface area contributed by atoms with Gasteiger partial charge in [0.2, 0.25) is 0 Å². The predicted molar refractivity (Wildman–Crippen MR) is 88.2 cm³/mol. The van der Waals surface area contributed by atoms with E-state index < -0.39 is 0 Å². The summed E-state index contributed by atoms with van der Waals surface area (Å²) < 4.78 is 7.34. The molecule has 0 bridgehead atoms. The quantitative estimate of drug-likeness (QED) is 0.854. The maximum atomic E-state index is 9.88. The SMILES string of the molecule is COc1ccc(CN2C[C@@H](N)C[C@@H](O)C2)cc1Cn1cccn1. The van der Waals surface area contributed by atoms with E-state index in [4.69, 9.17) is 10.5 Å². The summed E-state index contributed by atoms with van der Waals surface area (Å²) in [4.78, 5) is 2.21. The maximum absolute atomic E-state index is 9.88. The van der Waals surface area contributed by atoms with Crippen molar-refractivity contribution >= 4 is 0 Å². The molecule has 2 heterocycles. The van der Waals surface area contributed by atoms with Crippen molar-refractivity contribution in [2.75, 3.05) is 20.2 Å². The molecule has 3 rings (SSSR count). The Kier molecular flexibility index (Phi) is 4.95. The van der Waals surface area contributed by atoms with Gasteiger partial charge in [-0.05, 0) is 30.2 Å². The average molecular weight is 316 g/mol. The number of piperidine rings is 1. The van der Waals surface area contributed by atoms with Gasteiger partial charge >= 0.3 is 0 Å². The van der Waals surface area contributed by atoms with Crippen LogP contribution in [0.2, 0.25) is 0 Å². The number of aromatic nitrogens is 2. The Morgan fingerprint density at radius 2 is 2.22 bits per heavy atom. The van der Waals surface area contributed by atoms with E-state index in [2.05, 4.69) is 22.1 Å². The molecule has 0 unspecified atom stereocenters. The van der Waals surface area contributed by atoms with Gasteiger partial charge in [0.15, 0.2) is 0 Å². The highest BCUT2D eigenvalue weighted by atomic mass is 16.5. The second-order valence-electron chi connectivity index (χ2n) is 6.19. The van der Waals surface area contributed by atoms with Crippen LogP contribution in [-0.4, -0.2) is 52.1 Å². The van der Waals surface area contributed by atoms with Crippen LogP contribution in [0, 0.1) is 0 Å². The zero-order valence-corrected chi connectivity index (χ0v) is 13.4. The number of β-amino-alcohol motifs (C(OH)–C–C–N with tert-alkyl or cyclic N) is 1. The molecule has 1 saturated heterocycles. The average Bonchev–Trinajstić information content (AvgIpc) is 2.99. The van der Waals surface area contributed by atoms with E-state index in [0.717, 1.165) is 24.4 Å². The first-order valence-electron chi connectivity index (χ1n) is 7.93. The minimum Gasteiger partial charge on any atom is -0.496 e. The molecule has 0 spiro atoms. The Hall–Kier alpha value is -1.89. The number of ether oxygens (including phenoxy) is 1. The Morgan fingerprint density at radius 3 is 2.91 bits per heavy atom. The third-order valence-corrected chi connectivity index (χ3v) is 4.18. The van der Waals surface area contributed by atoms with Gasteiger partial charge in [0.1, 0.15) is 5.75 Å². The molecule has 3 N–H and O–H groups in total. The molecule has 0 aliphatic carbocycles. The maximum Gasteiger partial charge on any atom is 0.123 e. The van der Waals surface area contributed by atoms with E-state index in [0.29, 0.717) is 19.5 Å². The van der Waals surface area contributed by atoms with Crippen LogP contribution in [-0.2, 0) is 13.1 Å². The lowest BCUT2D eigenvalue weighted by molar-refractivity contribution is 0.0564. The topological polar surface area (TPSA) is 76.5 Å². The van der Waals surface area contributed by atoms with Crippen LogP contribution < -0.4 is 10.5 Å². The van der Waals surface area contributed by atoms with Gasteiger partial charge < -0.3 is 15.6 Å². The number of nitrogens with two attached hydrogens (primary N) is 1. The number of methoxy groups -OCH3 is 1. The summed E-state index contributed by atoms with van der Waals surface area (Å²) in [5, 5.41) is 14.1. The molecule has 1 fully saturated rings. The molecule has 2 atom stereocenters. The summed E-state index contributed by atoms with van der Waals surface area (Å²) >= 11 is 0. The predicted octanol–water partition coefficient (Wildman–Crippen LogP) is 0.834. The van der Waals surface area contributed by atoms with E-state index in [-0.39, 0.29) is 12.1 Å². The van der Waals surface area contributed by atoms with Crippen molar-refractivity contribution in [2.45, 2.75) is 31.7 Å². The van der Waals surface area contributed by atoms with Crippen LogP contribution in [0.5, 0.6) is 5.75 Å². The molecule has 23 heavy (non-hydrogen) atoms. The summed E-state index contributed by atoms with van der Waals surface area (Å²) in [6, 6.07) is 8.16. The molecule has 6 heteroatoms. The second-order valence-corrected chi connectivity index (χ2v) is 6.19. The summed E-state index contributed by atoms with van der Waals surface area (Å²) in [7, 11) is 1.68. The zero-order valence-electron chi connectivity index (χ0n) is 13.4. The lowest BCUT2D eigenvalue weighted by Crippen LogP contribution is -2.48. The van der Waals surface area contributed by atoms with Crippen molar-refractivity contribution in [3.05, 3.63) is 47.8 Å². The molecule has 124 valence electrons. The van der Waals surface area contributed by atoms with Gasteiger partial charge in [-0.25, -0.2) is 0 Å². The van der Waals surface area contributed by atoms with Gasteiger partial charge in [0, 0.05) is 43.6 Å². The lowest BCUT2D eigenvalue weighted by atomic mass is 10.0. The number of hydrogen-bond acceptors (Lipinski definition) is 5. The molecule has 0 radical (unpaired) electrons. The molecular formula is C17H24N4O2. The van der Waals surface area contributed by atoms with E-state index in [1.54, 1.807) is 13.3 Å². The molecule has 0 saturated carbocycles. The molecule has 1 aliphatic heterocycles. The normalized spacial score (nSPS) is 22.2. The highest BCUT2D eigenvalue weighted by molar-refractivity contribution is 5.37. The van der Waals surface area contributed by atoms with Crippen LogP contribution >= 0.6 is 0 Å². The summed E-state index contributed by atoms with van der Waals surface area (Å²) in [6.45, 7) is 2.94. The van der Waals surface area contributed by atoms with Crippen LogP contribution in [0.25, 0.3) is 0 Å². The molecule has 1 aliphatic rings. The zero-order chi connectivity index (χ0) is 16.2. The number of aliphatic hydroxyl groups is 1. The van der Waals surface area contributed by atoms with Crippen molar-refractivity contribution in [3.63, 3.8) is 0 Å². The second kappa shape index (κ2) is 7.12. The Labute approximate surface area is 136 Å². The summed E-state index contributed by atoms with van der Waals surface area (Å²) in [5.41, 5.74) is 8.28. The van der Waals surface area contributed by atoms with E-state index in [1.165, 1.54) is 5.56 Å². The van der Waals surface area contributed by atoms with E-state index in [1.807, 2.05) is 23.0 Å². The lowest BCUT2D eigenvalue weighted by Gasteiger charge is -2.34. The van der Waals surface area contributed by atoms with Gasteiger partial charge in [-0.2, -0.15) is 5.10 Å². The van der Waals surface area contributed by atoms with Crippen molar-refractivity contribution in [1.29, 1.82) is 0 Å². The first-order valence-corrected chi connectivity index (χ1v) is 7.93. The van der Waals surface area contributed by atoms with E-state index >= 15 is 0 Å². The smallest absolute Gasteiger partial charge is 0.123 e. The fourth-order valence-electron chi connectivity index (χ4n) is 3.21. The number of rotatable bonds is 5. The fourth-order valence-corrected chi connectivity index (χ4v) is 3.21. The van der Waals surface area contributed by atoms with Crippen molar-refractivity contribution < 1.29 is 9.84 Å². The highest BCUT2D eigenvalue weighted by Gasteiger charge is 2.23. The molecule has 1 aromatic carbocycles. The first kappa shape index (κ1) is 16.0. The van der Waals surface area contributed by atoms with Crippen molar-refractivity contribution in [3.8, 4) is 5.75 Å². The Morgan fingerprint density at radius 1 is 1.35 bits per heavy atom. The van der Waals surface area contributed by atoms with Gasteiger partial charge in [-0.3, -0.25) is 9.58 Å². The van der Waals surface area contributed by atoms with Gasteiger partial charge in [-0.1, -0.05) is 6.07 Å². The molecule has 0 amide bonds. The van der Waals surface area contributed by atoms with Crippen molar-refractivity contribution in [2.24, 2.45) is 5.73 Å². The monoisotopic (exact) mass is 316 g/mol. The minimum atomic E-state index is -0.333. The van der Waals surface area contributed by atoms with Gasteiger partial charge in [0.25, 0.3) is 0 Å². The number of likely N-dealkylation sites (tertiary alicyclic amines) is 1. The van der Waals surface area contributed by atoms with Crippen LogP contribution in [0.15, 0.2) is 36.7 Å².